The Hall–Kier alpha value is -4.00. The maximum Gasteiger partial charge on any atom is 0.328 e. The van der Waals surface area contributed by atoms with Crippen molar-refractivity contribution >= 4 is 39.5 Å². The predicted octanol–water partition coefficient (Wildman–Crippen LogP) is 3.78. The van der Waals surface area contributed by atoms with Crippen molar-refractivity contribution in [3.63, 3.8) is 0 Å². The lowest BCUT2D eigenvalue weighted by Gasteiger charge is -2.13. The van der Waals surface area contributed by atoms with Gasteiger partial charge >= 0.3 is 5.97 Å². The molecular weight excluding hydrogens is 394 g/mol. The lowest BCUT2D eigenvalue weighted by atomic mass is 10.1. The second-order valence-corrected chi connectivity index (χ2v) is 7.29. The minimum absolute atomic E-state index is 0.0603. The van der Waals surface area contributed by atoms with Crippen LogP contribution in [0.2, 0.25) is 0 Å². The molecule has 2 N–H and O–H groups in total. The molecule has 0 saturated carbocycles. The number of carbonyl (C=O) groups is 3. The number of para-hydroxylation sites is 1. The van der Waals surface area contributed by atoms with E-state index < -0.39 is 17.9 Å². The first-order valence-electron chi connectivity index (χ1n) is 9.88. The Morgan fingerprint density at radius 1 is 1.03 bits per heavy atom. The van der Waals surface area contributed by atoms with Crippen molar-refractivity contribution in [3.05, 3.63) is 77.6 Å². The molecule has 2 heterocycles. The van der Waals surface area contributed by atoms with Gasteiger partial charge in [0.25, 0.3) is 5.91 Å². The van der Waals surface area contributed by atoms with Crippen LogP contribution < -0.4 is 5.32 Å². The molecule has 1 atom stereocenters. The quantitative estimate of drug-likeness (QED) is 0.369. The first-order valence-corrected chi connectivity index (χ1v) is 9.88. The Balaban J connectivity index is 1.56. The van der Waals surface area contributed by atoms with E-state index in [2.05, 4.69) is 15.3 Å². The lowest BCUT2D eigenvalue weighted by molar-refractivity contribution is -0.146. The number of benzene rings is 2. The molecule has 0 spiro atoms. The molecule has 156 valence electrons. The summed E-state index contributed by atoms with van der Waals surface area (Å²) in [6.07, 6.45) is 0. The van der Waals surface area contributed by atoms with E-state index >= 15 is 0 Å². The number of hydrogen-bond donors (Lipinski definition) is 2. The average Bonchev–Trinajstić information content (AvgIpc) is 3.15. The number of ether oxygens (including phenoxy) is 1. The fourth-order valence-corrected chi connectivity index (χ4v) is 3.40. The van der Waals surface area contributed by atoms with Gasteiger partial charge in [-0.05, 0) is 24.6 Å². The minimum Gasteiger partial charge on any atom is -0.459 e. The molecule has 0 aliphatic rings. The third-order valence-corrected chi connectivity index (χ3v) is 4.99. The van der Waals surface area contributed by atoms with Gasteiger partial charge in [0, 0.05) is 23.2 Å². The summed E-state index contributed by atoms with van der Waals surface area (Å²) in [5, 5.41) is 4.21. The third-order valence-electron chi connectivity index (χ3n) is 4.99. The number of nitrogens with zero attached hydrogens (tertiary/aromatic N) is 1. The third kappa shape index (κ3) is 4.16. The van der Waals surface area contributed by atoms with E-state index in [1.54, 1.807) is 13.0 Å². The Morgan fingerprint density at radius 2 is 1.74 bits per heavy atom. The molecule has 0 bridgehead atoms. The van der Waals surface area contributed by atoms with Gasteiger partial charge < -0.3 is 15.0 Å². The second kappa shape index (κ2) is 8.39. The number of Topliss-reactive ketones (excluding diaryl/α,β-unsaturated/α-hetero) is 1. The Morgan fingerprint density at radius 3 is 2.48 bits per heavy atom. The number of nitrogens with one attached hydrogen (secondary N) is 2. The molecule has 0 radical (unpaired) electrons. The van der Waals surface area contributed by atoms with E-state index in [1.165, 1.54) is 6.92 Å². The number of rotatable bonds is 6. The van der Waals surface area contributed by atoms with E-state index in [-0.39, 0.29) is 23.8 Å². The first-order chi connectivity index (χ1) is 14.9. The molecule has 0 fully saturated rings. The zero-order valence-corrected chi connectivity index (χ0v) is 17.1. The SMILES string of the molecule is CC(=O)c1nc(C(=O)N[C@@H](C)C(=O)OCc2ccccc2)cc2c1[nH]c1ccccc12. The van der Waals surface area contributed by atoms with Crippen LogP contribution in [0.25, 0.3) is 21.8 Å². The van der Waals surface area contributed by atoms with Crippen LogP contribution in [-0.2, 0) is 16.1 Å². The molecular formula is C24H21N3O4. The Labute approximate surface area is 178 Å². The van der Waals surface area contributed by atoms with Crippen molar-refractivity contribution in [2.24, 2.45) is 0 Å². The number of ketones is 1. The van der Waals surface area contributed by atoms with Crippen molar-refractivity contribution in [2.45, 2.75) is 26.5 Å². The summed E-state index contributed by atoms with van der Waals surface area (Å²) in [4.78, 5) is 44.7. The van der Waals surface area contributed by atoms with E-state index in [1.807, 2.05) is 54.6 Å². The standard InChI is InChI=1S/C24H21N3O4/c1-14(24(30)31-13-16-8-4-3-5-9-16)25-23(29)20-12-18-17-10-6-7-11-19(17)26-22(18)21(27-20)15(2)28/h3-12,14,26H,13H2,1-2H3,(H,25,29)/t14-/m0/s1. The van der Waals surface area contributed by atoms with Gasteiger partial charge in [-0.15, -0.1) is 0 Å². The van der Waals surface area contributed by atoms with E-state index in [0.717, 1.165) is 21.9 Å². The van der Waals surface area contributed by atoms with Gasteiger partial charge in [0.2, 0.25) is 0 Å². The summed E-state index contributed by atoms with van der Waals surface area (Å²) in [5.74, 6) is -1.38. The van der Waals surface area contributed by atoms with E-state index in [4.69, 9.17) is 4.74 Å². The van der Waals surface area contributed by atoms with Crippen LogP contribution in [0, 0.1) is 0 Å². The number of pyridine rings is 1. The van der Waals surface area contributed by atoms with E-state index in [0.29, 0.717) is 5.52 Å². The lowest BCUT2D eigenvalue weighted by Crippen LogP contribution is -2.40. The summed E-state index contributed by atoms with van der Waals surface area (Å²) < 4.78 is 5.27. The normalized spacial score (nSPS) is 11.9. The zero-order valence-electron chi connectivity index (χ0n) is 17.1. The summed E-state index contributed by atoms with van der Waals surface area (Å²) in [6, 6.07) is 17.6. The highest BCUT2D eigenvalue weighted by molar-refractivity contribution is 6.15. The highest BCUT2D eigenvalue weighted by Crippen LogP contribution is 2.28. The van der Waals surface area contributed by atoms with Gasteiger partial charge in [0.15, 0.2) is 5.78 Å². The number of esters is 1. The monoisotopic (exact) mass is 415 g/mol. The predicted molar refractivity (Wildman–Crippen MR) is 117 cm³/mol. The number of amides is 1. The molecule has 7 heteroatoms. The molecule has 7 nitrogen and oxygen atoms in total. The van der Waals surface area contributed by atoms with Crippen molar-refractivity contribution in [1.82, 2.24) is 15.3 Å². The summed E-state index contributed by atoms with van der Waals surface area (Å²) >= 11 is 0. The molecule has 0 saturated heterocycles. The molecule has 0 aliphatic carbocycles. The summed E-state index contributed by atoms with van der Waals surface area (Å²) in [7, 11) is 0. The molecule has 2 aromatic heterocycles. The van der Waals surface area contributed by atoms with Gasteiger partial charge in [0.1, 0.15) is 24.0 Å². The molecule has 1 amide bonds. The average molecular weight is 415 g/mol. The van der Waals surface area contributed by atoms with Crippen LogP contribution in [0.4, 0.5) is 0 Å². The molecule has 0 unspecified atom stereocenters. The van der Waals surface area contributed by atoms with Crippen LogP contribution in [0.1, 0.15) is 40.4 Å². The maximum absolute atomic E-state index is 12.8. The van der Waals surface area contributed by atoms with Crippen molar-refractivity contribution in [1.29, 1.82) is 0 Å². The number of carbonyl (C=O) groups excluding carboxylic acids is 3. The molecule has 31 heavy (non-hydrogen) atoms. The number of aromatic nitrogens is 2. The summed E-state index contributed by atoms with van der Waals surface area (Å²) in [5.41, 5.74) is 2.52. The van der Waals surface area contributed by atoms with Gasteiger partial charge in [-0.1, -0.05) is 48.5 Å². The van der Waals surface area contributed by atoms with Crippen LogP contribution in [-0.4, -0.2) is 33.7 Å². The van der Waals surface area contributed by atoms with Gasteiger partial charge in [-0.2, -0.15) is 0 Å². The van der Waals surface area contributed by atoms with Crippen molar-refractivity contribution in [2.75, 3.05) is 0 Å². The molecule has 2 aromatic carbocycles. The minimum atomic E-state index is -0.877. The molecule has 4 rings (SSSR count). The number of H-pyrrole nitrogens is 1. The number of hydrogen-bond acceptors (Lipinski definition) is 5. The summed E-state index contributed by atoms with van der Waals surface area (Å²) in [6.45, 7) is 3.06. The number of aromatic amines is 1. The van der Waals surface area contributed by atoms with Crippen molar-refractivity contribution in [3.8, 4) is 0 Å². The fourth-order valence-electron chi connectivity index (χ4n) is 3.40. The van der Waals surface area contributed by atoms with Crippen LogP contribution in [0.3, 0.4) is 0 Å². The zero-order chi connectivity index (χ0) is 22.0. The van der Waals surface area contributed by atoms with Crippen LogP contribution in [0.5, 0.6) is 0 Å². The smallest absolute Gasteiger partial charge is 0.328 e. The van der Waals surface area contributed by atoms with Gasteiger partial charge in [0.05, 0.1) is 5.52 Å². The first kappa shape index (κ1) is 20.3. The highest BCUT2D eigenvalue weighted by Gasteiger charge is 2.22. The molecule has 4 aromatic rings. The fraction of sp³-hybridized carbons (Fsp3) is 0.167. The maximum atomic E-state index is 12.8. The molecule has 0 aliphatic heterocycles. The Kier molecular flexibility index (Phi) is 5.49. The topological polar surface area (TPSA) is 101 Å². The van der Waals surface area contributed by atoms with Gasteiger partial charge in [-0.25, -0.2) is 9.78 Å². The second-order valence-electron chi connectivity index (χ2n) is 7.29. The van der Waals surface area contributed by atoms with Crippen LogP contribution >= 0.6 is 0 Å². The van der Waals surface area contributed by atoms with E-state index in [9.17, 15) is 14.4 Å². The van der Waals surface area contributed by atoms with Crippen LogP contribution in [0.15, 0.2) is 60.7 Å². The van der Waals surface area contributed by atoms with Crippen molar-refractivity contribution < 1.29 is 19.1 Å². The Bertz CT molecular complexity index is 1290. The highest BCUT2D eigenvalue weighted by atomic mass is 16.5. The largest absolute Gasteiger partial charge is 0.459 e. The van der Waals surface area contributed by atoms with Gasteiger partial charge in [-0.3, -0.25) is 9.59 Å². The number of fused-ring (bicyclic) bond motifs is 3.